The van der Waals surface area contributed by atoms with E-state index >= 15 is 0 Å². The molecule has 0 radical (unpaired) electrons. The number of hydrogen-bond acceptors (Lipinski definition) is 1. The van der Waals surface area contributed by atoms with Crippen molar-refractivity contribution in [1.82, 2.24) is 0 Å². The third kappa shape index (κ3) is 2.07. The summed E-state index contributed by atoms with van der Waals surface area (Å²) in [6.45, 7) is 2.47. The van der Waals surface area contributed by atoms with Crippen LogP contribution in [0.2, 0.25) is 0 Å². The minimum absolute atomic E-state index is 0.130. The molecule has 15 heavy (non-hydrogen) atoms. The van der Waals surface area contributed by atoms with Gasteiger partial charge in [0.1, 0.15) is 0 Å². The zero-order valence-electron chi connectivity index (χ0n) is 8.79. The summed E-state index contributed by atoms with van der Waals surface area (Å²) in [4.78, 5) is 13.5. The highest BCUT2D eigenvalue weighted by molar-refractivity contribution is 9.10. The van der Waals surface area contributed by atoms with E-state index in [1.165, 1.54) is 5.56 Å². The largest absolute Gasteiger partial charge is 0.311 e. The van der Waals surface area contributed by atoms with Crippen molar-refractivity contribution >= 4 is 27.5 Å². The average molecular weight is 268 g/mol. The van der Waals surface area contributed by atoms with Gasteiger partial charge in [-0.1, -0.05) is 12.1 Å². The average Bonchev–Trinajstić information content (AvgIpc) is 2.40. The van der Waals surface area contributed by atoms with E-state index in [1.807, 2.05) is 17.0 Å². The third-order valence-electron chi connectivity index (χ3n) is 2.80. The van der Waals surface area contributed by atoms with E-state index < -0.39 is 0 Å². The van der Waals surface area contributed by atoms with Crippen molar-refractivity contribution in [3.63, 3.8) is 0 Å². The number of fused-ring (bicyclic) bond motifs is 1. The van der Waals surface area contributed by atoms with Gasteiger partial charge >= 0.3 is 0 Å². The van der Waals surface area contributed by atoms with Crippen molar-refractivity contribution < 1.29 is 4.79 Å². The Morgan fingerprint density at radius 1 is 1.40 bits per heavy atom. The molecular formula is C12H14BrNO. The van der Waals surface area contributed by atoms with Crippen molar-refractivity contribution in [3.05, 3.63) is 28.2 Å². The highest BCUT2D eigenvalue weighted by Crippen LogP contribution is 2.33. The number of nitrogens with zero attached hydrogens (tertiary/aromatic N) is 1. The van der Waals surface area contributed by atoms with Crippen LogP contribution in [0.3, 0.4) is 0 Å². The van der Waals surface area contributed by atoms with Gasteiger partial charge in [-0.05, 0) is 46.8 Å². The van der Waals surface area contributed by atoms with Crippen LogP contribution in [-0.2, 0) is 11.2 Å². The van der Waals surface area contributed by atoms with Crippen molar-refractivity contribution in [3.8, 4) is 0 Å². The summed E-state index contributed by atoms with van der Waals surface area (Å²) in [5, 5.41) is 0. The number of rotatable bonds is 0. The Morgan fingerprint density at radius 3 is 2.93 bits per heavy atom. The Kier molecular flexibility index (Phi) is 3.10. The van der Waals surface area contributed by atoms with Crippen LogP contribution in [-0.4, -0.2) is 12.5 Å². The predicted octanol–water partition coefficient (Wildman–Crippen LogP) is 3.14. The number of anilines is 1. The fraction of sp³-hybridized carbons (Fsp3) is 0.417. The molecule has 0 saturated heterocycles. The van der Waals surface area contributed by atoms with Crippen LogP contribution in [0.25, 0.3) is 0 Å². The zero-order valence-corrected chi connectivity index (χ0v) is 10.4. The molecule has 1 aromatic rings. The quantitative estimate of drug-likeness (QED) is 0.707. The fourth-order valence-corrected chi connectivity index (χ4v) is 2.70. The molecule has 1 amide bonds. The molecule has 0 spiro atoms. The van der Waals surface area contributed by atoms with Gasteiger partial charge in [0.2, 0.25) is 5.91 Å². The summed E-state index contributed by atoms with van der Waals surface area (Å²) in [5.74, 6) is 0.130. The highest BCUT2D eigenvalue weighted by Gasteiger charge is 2.20. The smallest absolute Gasteiger partial charge is 0.223 e. The van der Waals surface area contributed by atoms with E-state index in [1.54, 1.807) is 6.92 Å². The lowest BCUT2D eigenvalue weighted by Gasteiger charge is -2.22. The summed E-state index contributed by atoms with van der Waals surface area (Å²) in [6.07, 6.45) is 3.31. The second-order valence-electron chi connectivity index (χ2n) is 3.88. The van der Waals surface area contributed by atoms with Crippen LogP contribution >= 0.6 is 15.9 Å². The van der Waals surface area contributed by atoms with Crippen LogP contribution in [0, 0.1) is 0 Å². The lowest BCUT2D eigenvalue weighted by Crippen LogP contribution is -2.29. The molecule has 0 atom stereocenters. The first-order valence-corrected chi connectivity index (χ1v) is 6.05. The lowest BCUT2D eigenvalue weighted by atomic mass is 10.1. The number of carbonyl (C=O) groups is 1. The summed E-state index contributed by atoms with van der Waals surface area (Å²) in [7, 11) is 0. The number of carbonyl (C=O) groups excluding carboxylic acids is 1. The second kappa shape index (κ2) is 4.35. The first-order valence-electron chi connectivity index (χ1n) is 5.25. The van der Waals surface area contributed by atoms with E-state index in [0.29, 0.717) is 0 Å². The van der Waals surface area contributed by atoms with Crippen LogP contribution in [0.15, 0.2) is 22.7 Å². The maximum absolute atomic E-state index is 11.6. The van der Waals surface area contributed by atoms with Crippen molar-refractivity contribution in [2.75, 3.05) is 11.4 Å². The van der Waals surface area contributed by atoms with E-state index in [9.17, 15) is 4.79 Å². The molecule has 0 bridgehead atoms. The topological polar surface area (TPSA) is 20.3 Å². The maximum atomic E-state index is 11.6. The van der Waals surface area contributed by atoms with Gasteiger partial charge < -0.3 is 4.90 Å². The van der Waals surface area contributed by atoms with Crippen LogP contribution < -0.4 is 4.90 Å². The van der Waals surface area contributed by atoms with Crippen molar-refractivity contribution in [1.29, 1.82) is 0 Å². The second-order valence-corrected chi connectivity index (χ2v) is 4.73. The summed E-state index contributed by atoms with van der Waals surface area (Å²) < 4.78 is 1.03. The van der Waals surface area contributed by atoms with E-state index in [-0.39, 0.29) is 5.91 Å². The molecule has 80 valence electrons. The summed E-state index contributed by atoms with van der Waals surface area (Å²) >= 11 is 3.53. The monoisotopic (exact) mass is 267 g/mol. The zero-order chi connectivity index (χ0) is 10.8. The molecule has 0 fully saturated rings. The molecule has 2 nitrogen and oxygen atoms in total. The predicted molar refractivity (Wildman–Crippen MR) is 65.1 cm³/mol. The molecule has 1 aliphatic heterocycles. The molecule has 0 unspecified atom stereocenters. The van der Waals surface area contributed by atoms with Gasteiger partial charge in [0, 0.05) is 17.9 Å². The summed E-state index contributed by atoms with van der Waals surface area (Å²) in [5.41, 5.74) is 2.35. The molecule has 0 aliphatic carbocycles. The Morgan fingerprint density at radius 2 is 2.20 bits per heavy atom. The van der Waals surface area contributed by atoms with E-state index in [2.05, 4.69) is 22.0 Å². The van der Waals surface area contributed by atoms with Crippen LogP contribution in [0.5, 0.6) is 0 Å². The number of aryl methyl sites for hydroxylation is 1. The van der Waals surface area contributed by atoms with E-state index in [0.717, 1.165) is 36.0 Å². The molecule has 1 heterocycles. The number of benzene rings is 1. The molecule has 0 N–H and O–H groups in total. The normalized spacial score (nSPS) is 15.7. The van der Waals surface area contributed by atoms with Gasteiger partial charge in [-0.3, -0.25) is 4.79 Å². The number of amides is 1. The van der Waals surface area contributed by atoms with Crippen LogP contribution in [0.1, 0.15) is 25.3 Å². The van der Waals surface area contributed by atoms with Crippen molar-refractivity contribution in [2.45, 2.75) is 26.2 Å². The molecule has 1 aliphatic rings. The minimum Gasteiger partial charge on any atom is -0.311 e. The van der Waals surface area contributed by atoms with Crippen LogP contribution in [0.4, 0.5) is 5.69 Å². The molecule has 0 aromatic heterocycles. The highest BCUT2D eigenvalue weighted by atomic mass is 79.9. The Balaban J connectivity index is 2.51. The van der Waals surface area contributed by atoms with Gasteiger partial charge in [0.25, 0.3) is 0 Å². The molecule has 1 aromatic carbocycles. The lowest BCUT2D eigenvalue weighted by molar-refractivity contribution is -0.116. The molecular weight excluding hydrogens is 254 g/mol. The molecule has 3 heteroatoms. The Hall–Kier alpha value is -0.830. The van der Waals surface area contributed by atoms with E-state index in [4.69, 9.17) is 0 Å². The third-order valence-corrected chi connectivity index (χ3v) is 3.44. The number of hydrogen-bond donors (Lipinski definition) is 0. The van der Waals surface area contributed by atoms with Gasteiger partial charge in [-0.15, -0.1) is 0 Å². The molecule has 0 saturated carbocycles. The van der Waals surface area contributed by atoms with Gasteiger partial charge in [-0.2, -0.15) is 0 Å². The maximum Gasteiger partial charge on any atom is 0.223 e. The van der Waals surface area contributed by atoms with Gasteiger partial charge in [0.05, 0.1) is 5.69 Å². The summed E-state index contributed by atoms with van der Waals surface area (Å²) in [6, 6.07) is 6.15. The van der Waals surface area contributed by atoms with Gasteiger partial charge in [0.15, 0.2) is 0 Å². The SMILES string of the molecule is CC(=O)N1CCCCc2cccc(Br)c21. The first-order chi connectivity index (χ1) is 7.20. The number of halogens is 1. The van der Waals surface area contributed by atoms with Crippen molar-refractivity contribution in [2.24, 2.45) is 0 Å². The van der Waals surface area contributed by atoms with Gasteiger partial charge in [-0.25, -0.2) is 0 Å². The number of para-hydroxylation sites is 1. The Labute approximate surface area is 98.4 Å². The minimum atomic E-state index is 0.130. The Bertz CT molecular complexity index is 389. The molecule has 2 rings (SSSR count). The first kappa shape index (κ1) is 10.7. The fourth-order valence-electron chi connectivity index (χ4n) is 2.08. The standard InChI is InChI=1S/C12H14BrNO/c1-9(15)14-8-3-2-5-10-6-4-7-11(13)12(10)14/h4,6-7H,2-3,5,8H2,1H3.